The Morgan fingerprint density at radius 3 is 2.76 bits per heavy atom. The molecule has 0 spiro atoms. The number of aromatic nitrogens is 2. The summed E-state index contributed by atoms with van der Waals surface area (Å²) in [6.07, 6.45) is 3.91. The standard InChI is InChI=1S/C16H21BrClN3/c1-4-15-13(10-21(3)20-15)16(19-5-2)8-11-6-7-12(17)9-14(11)18/h6-7,9-10,16,19H,4-5,8H2,1-3H3. The molecular weight excluding hydrogens is 350 g/mol. The molecular formula is C16H21BrClN3. The minimum absolute atomic E-state index is 0.234. The molecule has 0 aliphatic heterocycles. The van der Waals surface area contributed by atoms with Crippen molar-refractivity contribution in [2.75, 3.05) is 6.54 Å². The first-order valence-corrected chi connectivity index (χ1v) is 8.42. The van der Waals surface area contributed by atoms with Gasteiger partial charge in [-0.1, -0.05) is 47.4 Å². The Balaban J connectivity index is 2.30. The van der Waals surface area contributed by atoms with Crippen molar-refractivity contribution in [2.45, 2.75) is 32.7 Å². The van der Waals surface area contributed by atoms with Gasteiger partial charge in [0.1, 0.15) is 0 Å². The van der Waals surface area contributed by atoms with Crippen LogP contribution in [0.5, 0.6) is 0 Å². The van der Waals surface area contributed by atoms with Crippen molar-refractivity contribution in [3.8, 4) is 0 Å². The summed E-state index contributed by atoms with van der Waals surface area (Å²) in [5.74, 6) is 0. The fraction of sp³-hybridized carbons (Fsp3) is 0.438. The zero-order valence-corrected chi connectivity index (χ0v) is 15.0. The van der Waals surface area contributed by atoms with Gasteiger partial charge in [0.15, 0.2) is 0 Å². The van der Waals surface area contributed by atoms with Crippen LogP contribution in [0.4, 0.5) is 0 Å². The lowest BCUT2D eigenvalue weighted by molar-refractivity contribution is 0.545. The van der Waals surface area contributed by atoms with Gasteiger partial charge in [-0.05, 0) is 37.1 Å². The molecule has 5 heteroatoms. The molecule has 0 aliphatic carbocycles. The van der Waals surface area contributed by atoms with E-state index in [0.29, 0.717) is 0 Å². The van der Waals surface area contributed by atoms with Crippen LogP contribution in [0.25, 0.3) is 0 Å². The summed E-state index contributed by atoms with van der Waals surface area (Å²) in [7, 11) is 1.97. The number of likely N-dealkylation sites (N-methyl/N-ethyl adjacent to an activating group) is 1. The van der Waals surface area contributed by atoms with E-state index in [0.717, 1.165) is 40.1 Å². The van der Waals surface area contributed by atoms with Crippen molar-refractivity contribution in [1.82, 2.24) is 15.1 Å². The summed E-state index contributed by atoms with van der Waals surface area (Å²) in [6.45, 7) is 5.18. The highest BCUT2D eigenvalue weighted by Crippen LogP contribution is 2.27. The number of halogens is 2. The van der Waals surface area contributed by atoms with Gasteiger partial charge in [0.2, 0.25) is 0 Å². The second-order valence-corrected chi connectivity index (χ2v) is 6.43. The van der Waals surface area contributed by atoms with Crippen LogP contribution in [0.1, 0.15) is 36.7 Å². The smallest absolute Gasteiger partial charge is 0.0669 e. The van der Waals surface area contributed by atoms with Crippen LogP contribution in [0.15, 0.2) is 28.9 Å². The average Bonchev–Trinajstić information content (AvgIpc) is 2.82. The highest BCUT2D eigenvalue weighted by molar-refractivity contribution is 9.10. The first-order chi connectivity index (χ1) is 10.0. The van der Waals surface area contributed by atoms with E-state index in [4.69, 9.17) is 11.6 Å². The van der Waals surface area contributed by atoms with Crippen molar-refractivity contribution < 1.29 is 0 Å². The van der Waals surface area contributed by atoms with E-state index in [2.05, 4.69) is 52.5 Å². The summed E-state index contributed by atoms with van der Waals surface area (Å²) < 4.78 is 2.90. The molecule has 0 aliphatic rings. The predicted octanol–water partition coefficient (Wildman–Crippen LogP) is 4.29. The fourth-order valence-electron chi connectivity index (χ4n) is 2.56. The van der Waals surface area contributed by atoms with Gasteiger partial charge in [-0.15, -0.1) is 0 Å². The summed E-state index contributed by atoms with van der Waals surface area (Å²) in [5, 5.41) is 8.90. The van der Waals surface area contributed by atoms with E-state index in [1.54, 1.807) is 0 Å². The van der Waals surface area contributed by atoms with Gasteiger partial charge in [-0.25, -0.2) is 0 Å². The number of aryl methyl sites for hydroxylation is 2. The minimum Gasteiger partial charge on any atom is -0.310 e. The van der Waals surface area contributed by atoms with E-state index in [1.165, 1.54) is 5.56 Å². The lowest BCUT2D eigenvalue weighted by Crippen LogP contribution is -2.23. The van der Waals surface area contributed by atoms with Crippen LogP contribution in [0.3, 0.4) is 0 Å². The first kappa shape index (κ1) is 16.5. The van der Waals surface area contributed by atoms with Crippen molar-refractivity contribution >= 4 is 27.5 Å². The Kier molecular flexibility index (Phi) is 5.85. The number of nitrogens with zero attached hydrogens (tertiary/aromatic N) is 2. The fourth-order valence-corrected chi connectivity index (χ4v) is 3.31. The van der Waals surface area contributed by atoms with Crippen molar-refractivity contribution in [3.05, 3.63) is 50.7 Å². The second-order valence-electron chi connectivity index (χ2n) is 5.11. The van der Waals surface area contributed by atoms with Gasteiger partial charge in [-0.3, -0.25) is 4.68 Å². The molecule has 0 fully saturated rings. The maximum Gasteiger partial charge on any atom is 0.0669 e. The molecule has 2 rings (SSSR count). The second kappa shape index (κ2) is 7.43. The molecule has 1 atom stereocenters. The van der Waals surface area contributed by atoms with Crippen LogP contribution in [0.2, 0.25) is 5.02 Å². The van der Waals surface area contributed by atoms with Gasteiger partial charge in [0, 0.05) is 34.3 Å². The number of rotatable bonds is 6. The molecule has 0 radical (unpaired) electrons. The average molecular weight is 371 g/mol. The Bertz CT molecular complexity index is 610. The minimum atomic E-state index is 0.234. The summed E-state index contributed by atoms with van der Waals surface area (Å²) in [5.41, 5.74) is 3.56. The van der Waals surface area contributed by atoms with Crippen LogP contribution in [-0.2, 0) is 19.9 Å². The zero-order valence-electron chi connectivity index (χ0n) is 12.7. The topological polar surface area (TPSA) is 29.9 Å². The van der Waals surface area contributed by atoms with Crippen molar-refractivity contribution in [2.24, 2.45) is 7.05 Å². The quantitative estimate of drug-likeness (QED) is 0.822. The van der Waals surface area contributed by atoms with Crippen molar-refractivity contribution in [3.63, 3.8) is 0 Å². The maximum absolute atomic E-state index is 6.36. The molecule has 1 aromatic heterocycles. The van der Waals surface area contributed by atoms with Gasteiger partial charge in [-0.2, -0.15) is 5.10 Å². The number of hydrogen-bond acceptors (Lipinski definition) is 2. The van der Waals surface area contributed by atoms with E-state index >= 15 is 0 Å². The molecule has 114 valence electrons. The van der Waals surface area contributed by atoms with Crippen LogP contribution in [0, 0.1) is 0 Å². The Morgan fingerprint density at radius 1 is 1.38 bits per heavy atom. The third-order valence-electron chi connectivity index (χ3n) is 3.54. The van der Waals surface area contributed by atoms with Crippen LogP contribution < -0.4 is 5.32 Å². The van der Waals surface area contributed by atoms with Gasteiger partial charge in [0.25, 0.3) is 0 Å². The number of benzene rings is 1. The van der Waals surface area contributed by atoms with E-state index in [1.807, 2.05) is 23.9 Å². The molecule has 1 aromatic carbocycles. The molecule has 21 heavy (non-hydrogen) atoms. The molecule has 2 aromatic rings. The monoisotopic (exact) mass is 369 g/mol. The molecule has 0 amide bonds. The summed E-state index contributed by atoms with van der Waals surface area (Å²) in [4.78, 5) is 0. The Hall–Kier alpha value is -0.840. The molecule has 0 saturated heterocycles. The molecule has 0 bridgehead atoms. The lowest BCUT2D eigenvalue weighted by atomic mass is 9.98. The van der Waals surface area contributed by atoms with Gasteiger partial charge >= 0.3 is 0 Å². The highest BCUT2D eigenvalue weighted by Gasteiger charge is 2.18. The highest BCUT2D eigenvalue weighted by atomic mass is 79.9. The normalized spacial score (nSPS) is 12.6. The SMILES string of the molecule is CCNC(Cc1ccc(Br)cc1Cl)c1cn(C)nc1CC. The number of hydrogen-bond donors (Lipinski definition) is 1. The third kappa shape index (κ3) is 4.09. The van der Waals surface area contributed by atoms with Crippen LogP contribution >= 0.6 is 27.5 Å². The zero-order chi connectivity index (χ0) is 15.4. The molecule has 3 nitrogen and oxygen atoms in total. The summed E-state index contributed by atoms with van der Waals surface area (Å²) >= 11 is 9.81. The van der Waals surface area contributed by atoms with Crippen LogP contribution in [-0.4, -0.2) is 16.3 Å². The predicted molar refractivity (Wildman–Crippen MR) is 91.9 cm³/mol. The number of nitrogens with one attached hydrogen (secondary N) is 1. The van der Waals surface area contributed by atoms with E-state index < -0.39 is 0 Å². The lowest BCUT2D eigenvalue weighted by Gasteiger charge is -2.19. The third-order valence-corrected chi connectivity index (χ3v) is 4.38. The van der Waals surface area contributed by atoms with E-state index in [9.17, 15) is 0 Å². The van der Waals surface area contributed by atoms with Gasteiger partial charge < -0.3 is 5.32 Å². The molecule has 1 unspecified atom stereocenters. The Labute approximate surface area is 139 Å². The van der Waals surface area contributed by atoms with Gasteiger partial charge in [0.05, 0.1) is 5.69 Å². The molecule has 1 N–H and O–H groups in total. The largest absolute Gasteiger partial charge is 0.310 e. The van der Waals surface area contributed by atoms with E-state index in [-0.39, 0.29) is 6.04 Å². The Morgan fingerprint density at radius 2 is 2.14 bits per heavy atom. The molecule has 1 heterocycles. The maximum atomic E-state index is 6.36. The first-order valence-electron chi connectivity index (χ1n) is 7.24. The summed E-state index contributed by atoms with van der Waals surface area (Å²) in [6, 6.07) is 6.30. The molecule has 0 saturated carbocycles. The van der Waals surface area contributed by atoms with Crippen molar-refractivity contribution in [1.29, 1.82) is 0 Å².